The lowest BCUT2D eigenvalue weighted by Crippen LogP contribution is -2.45. The van der Waals surface area contributed by atoms with Gasteiger partial charge >= 0.3 is 0 Å². The minimum absolute atomic E-state index is 0.224. The highest BCUT2D eigenvalue weighted by Crippen LogP contribution is 2.29. The summed E-state index contributed by atoms with van der Waals surface area (Å²) in [5, 5.41) is 6.22. The summed E-state index contributed by atoms with van der Waals surface area (Å²) in [6, 6.07) is 6.40. The van der Waals surface area contributed by atoms with Crippen molar-refractivity contribution < 1.29 is 9.13 Å². The van der Waals surface area contributed by atoms with Gasteiger partial charge in [0.1, 0.15) is 5.82 Å². The molecule has 0 unspecified atom stereocenters. The van der Waals surface area contributed by atoms with Gasteiger partial charge in [0.05, 0.1) is 18.9 Å². The largest absolute Gasteiger partial charge is 0.380 e. The molecule has 100 valence electrons. The first-order chi connectivity index (χ1) is 9.15. The molecule has 2 aromatic rings. The fourth-order valence-electron chi connectivity index (χ4n) is 1.95. The predicted molar refractivity (Wildman–Crippen MR) is 74.9 cm³/mol. The number of benzene rings is 1. The van der Waals surface area contributed by atoms with Gasteiger partial charge in [0, 0.05) is 22.9 Å². The molecule has 0 atom stereocenters. The molecule has 0 saturated carbocycles. The van der Waals surface area contributed by atoms with Gasteiger partial charge in [0.15, 0.2) is 5.13 Å². The average Bonchev–Trinajstić information content (AvgIpc) is 2.84. The lowest BCUT2D eigenvalue weighted by atomic mass is 9.89. The molecule has 2 heterocycles. The molecule has 1 N–H and O–H groups in total. The van der Waals surface area contributed by atoms with Crippen LogP contribution in [-0.4, -0.2) is 24.7 Å². The van der Waals surface area contributed by atoms with Crippen LogP contribution in [0.15, 0.2) is 29.6 Å². The fraction of sp³-hybridized carbons (Fsp3) is 0.357. The van der Waals surface area contributed by atoms with Crippen molar-refractivity contribution in [2.45, 2.75) is 6.92 Å². The number of hydrogen-bond acceptors (Lipinski definition) is 4. The zero-order chi connectivity index (χ0) is 13.3. The topological polar surface area (TPSA) is 34.2 Å². The zero-order valence-corrected chi connectivity index (χ0v) is 11.5. The summed E-state index contributed by atoms with van der Waals surface area (Å²) in [6.07, 6.45) is 0. The van der Waals surface area contributed by atoms with E-state index < -0.39 is 0 Å². The summed E-state index contributed by atoms with van der Waals surface area (Å²) in [5.74, 6) is -0.227. The molecule has 1 aromatic heterocycles. The quantitative estimate of drug-likeness (QED) is 0.930. The molecule has 0 aliphatic carbocycles. The van der Waals surface area contributed by atoms with E-state index in [0.717, 1.165) is 36.1 Å². The Balaban J connectivity index is 1.67. The van der Waals surface area contributed by atoms with Crippen LogP contribution in [0.2, 0.25) is 0 Å². The van der Waals surface area contributed by atoms with E-state index >= 15 is 0 Å². The number of hydrogen-bond donors (Lipinski definition) is 1. The second-order valence-electron chi connectivity index (χ2n) is 5.20. The van der Waals surface area contributed by atoms with Crippen LogP contribution in [0.3, 0.4) is 0 Å². The second kappa shape index (κ2) is 4.90. The van der Waals surface area contributed by atoms with Crippen LogP contribution in [0.5, 0.6) is 0 Å². The Hall–Kier alpha value is -1.46. The smallest absolute Gasteiger partial charge is 0.183 e. The number of nitrogens with one attached hydrogen (secondary N) is 1. The Morgan fingerprint density at radius 1 is 1.37 bits per heavy atom. The number of rotatable bonds is 4. The normalized spacial score (nSPS) is 16.9. The van der Waals surface area contributed by atoms with Crippen molar-refractivity contribution in [2.75, 3.05) is 25.1 Å². The van der Waals surface area contributed by atoms with Crippen molar-refractivity contribution in [3.63, 3.8) is 0 Å². The molecule has 1 aliphatic rings. The van der Waals surface area contributed by atoms with Crippen molar-refractivity contribution in [1.29, 1.82) is 0 Å². The van der Waals surface area contributed by atoms with Crippen LogP contribution >= 0.6 is 11.3 Å². The molecular weight excluding hydrogens is 263 g/mol. The van der Waals surface area contributed by atoms with Gasteiger partial charge in [0.25, 0.3) is 0 Å². The summed E-state index contributed by atoms with van der Waals surface area (Å²) < 4.78 is 18.1. The Bertz CT molecular complexity index is 563. The van der Waals surface area contributed by atoms with Gasteiger partial charge < -0.3 is 10.1 Å². The number of nitrogens with zero attached hydrogens (tertiary/aromatic N) is 1. The summed E-state index contributed by atoms with van der Waals surface area (Å²) in [6.45, 7) is 4.66. The zero-order valence-electron chi connectivity index (χ0n) is 10.6. The highest BCUT2D eigenvalue weighted by molar-refractivity contribution is 7.14. The van der Waals surface area contributed by atoms with Crippen molar-refractivity contribution in [3.8, 4) is 11.3 Å². The summed E-state index contributed by atoms with van der Waals surface area (Å²) in [5.41, 5.74) is 2.04. The van der Waals surface area contributed by atoms with Crippen LogP contribution in [-0.2, 0) is 4.74 Å². The molecule has 1 aromatic carbocycles. The maximum Gasteiger partial charge on any atom is 0.183 e. The van der Waals surface area contributed by atoms with Crippen molar-refractivity contribution in [3.05, 3.63) is 35.5 Å². The second-order valence-corrected chi connectivity index (χ2v) is 6.06. The van der Waals surface area contributed by atoms with Gasteiger partial charge in [-0.25, -0.2) is 9.37 Å². The minimum atomic E-state index is -0.227. The number of aromatic nitrogens is 1. The van der Waals surface area contributed by atoms with Gasteiger partial charge in [-0.1, -0.05) is 6.92 Å². The average molecular weight is 278 g/mol. The molecule has 0 radical (unpaired) electrons. The molecule has 0 spiro atoms. The van der Waals surface area contributed by atoms with Crippen molar-refractivity contribution in [1.82, 2.24) is 4.98 Å². The van der Waals surface area contributed by atoms with E-state index in [2.05, 4.69) is 17.2 Å². The Labute approximate surface area is 115 Å². The third kappa shape index (κ3) is 2.77. The monoisotopic (exact) mass is 278 g/mol. The van der Waals surface area contributed by atoms with Crippen LogP contribution in [0.1, 0.15) is 6.92 Å². The molecule has 1 saturated heterocycles. The molecule has 0 bridgehead atoms. The Morgan fingerprint density at radius 3 is 2.74 bits per heavy atom. The molecule has 0 amide bonds. The van der Waals surface area contributed by atoms with Gasteiger partial charge in [-0.2, -0.15) is 0 Å². The van der Waals surface area contributed by atoms with E-state index in [9.17, 15) is 4.39 Å². The van der Waals surface area contributed by atoms with Gasteiger partial charge in [-0.3, -0.25) is 0 Å². The first kappa shape index (κ1) is 12.6. The Kier molecular flexibility index (Phi) is 3.24. The number of anilines is 1. The standard InChI is InChI=1S/C14H15FN2OS/c1-14(8-18-9-14)7-16-13-17-12(6-19-13)10-2-4-11(15)5-3-10/h2-6H,7-9H2,1H3,(H,16,17). The van der Waals surface area contributed by atoms with E-state index in [4.69, 9.17) is 4.74 Å². The molecule has 3 rings (SSSR count). The first-order valence-electron chi connectivity index (χ1n) is 6.18. The van der Waals surface area contributed by atoms with Crippen molar-refractivity contribution in [2.24, 2.45) is 5.41 Å². The molecule has 3 nitrogen and oxygen atoms in total. The molecule has 1 aliphatic heterocycles. The van der Waals surface area contributed by atoms with E-state index in [1.165, 1.54) is 12.1 Å². The Morgan fingerprint density at radius 2 is 2.11 bits per heavy atom. The van der Waals surface area contributed by atoms with Crippen LogP contribution < -0.4 is 5.32 Å². The lowest BCUT2D eigenvalue weighted by molar-refractivity contribution is -0.0924. The molecular formula is C14H15FN2OS. The fourth-order valence-corrected chi connectivity index (χ4v) is 2.67. The van der Waals surface area contributed by atoms with E-state index in [0.29, 0.717) is 0 Å². The highest BCUT2D eigenvalue weighted by atomic mass is 32.1. The first-order valence-corrected chi connectivity index (χ1v) is 7.06. The van der Waals surface area contributed by atoms with Crippen LogP contribution in [0, 0.1) is 11.2 Å². The number of thiazole rings is 1. The maximum absolute atomic E-state index is 12.9. The number of halogens is 1. The van der Waals surface area contributed by atoms with Crippen LogP contribution in [0.25, 0.3) is 11.3 Å². The molecule has 5 heteroatoms. The predicted octanol–water partition coefficient (Wildman–Crippen LogP) is 3.40. The van der Waals surface area contributed by atoms with Crippen molar-refractivity contribution >= 4 is 16.5 Å². The SMILES string of the molecule is CC1(CNc2nc(-c3ccc(F)cc3)cs2)COC1. The molecule has 1 fully saturated rings. The van der Waals surface area contributed by atoms with Gasteiger partial charge in [-0.15, -0.1) is 11.3 Å². The third-order valence-electron chi connectivity index (χ3n) is 3.21. The summed E-state index contributed by atoms with van der Waals surface area (Å²) >= 11 is 1.57. The molecule has 19 heavy (non-hydrogen) atoms. The van der Waals surface area contributed by atoms with E-state index in [1.54, 1.807) is 23.5 Å². The third-order valence-corrected chi connectivity index (χ3v) is 4.01. The van der Waals surface area contributed by atoms with Crippen LogP contribution in [0.4, 0.5) is 9.52 Å². The summed E-state index contributed by atoms with van der Waals surface area (Å²) in [4.78, 5) is 4.52. The summed E-state index contributed by atoms with van der Waals surface area (Å²) in [7, 11) is 0. The van der Waals surface area contributed by atoms with E-state index in [-0.39, 0.29) is 11.2 Å². The maximum atomic E-state index is 12.9. The highest BCUT2D eigenvalue weighted by Gasteiger charge is 2.33. The lowest BCUT2D eigenvalue weighted by Gasteiger charge is -2.37. The van der Waals surface area contributed by atoms with Gasteiger partial charge in [-0.05, 0) is 24.3 Å². The van der Waals surface area contributed by atoms with E-state index in [1.807, 2.05) is 5.38 Å². The van der Waals surface area contributed by atoms with Gasteiger partial charge in [0.2, 0.25) is 0 Å². The number of ether oxygens (including phenoxy) is 1. The minimum Gasteiger partial charge on any atom is -0.380 e.